The summed E-state index contributed by atoms with van der Waals surface area (Å²) >= 11 is 0. The number of carbonyl (C=O) groups is 1. The van der Waals surface area contributed by atoms with Crippen molar-refractivity contribution >= 4 is 5.78 Å². The van der Waals surface area contributed by atoms with E-state index in [1.54, 1.807) is 0 Å². The first-order chi connectivity index (χ1) is 6.68. The number of rotatable bonds is 1. The Balaban J connectivity index is 2.22. The van der Waals surface area contributed by atoms with Gasteiger partial charge in [-0.05, 0) is 43.1 Å². The lowest BCUT2D eigenvalue weighted by Gasteiger charge is -2.37. The lowest BCUT2D eigenvalue weighted by atomic mass is 9.67. The Morgan fingerprint density at radius 1 is 1.36 bits per heavy atom. The molecule has 0 saturated heterocycles. The monoisotopic (exact) mass is 192 g/mol. The third kappa shape index (κ3) is 1.77. The Morgan fingerprint density at radius 3 is 2.86 bits per heavy atom. The van der Waals surface area contributed by atoms with Crippen molar-refractivity contribution in [2.24, 2.45) is 17.8 Å². The Hall–Kier alpha value is -0.590. The minimum Gasteiger partial charge on any atom is -0.295 e. The third-order valence-corrected chi connectivity index (χ3v) is 3.86. The second-order valence-corrected chi connectivity index (χ2v) is 5.15. The van der Waals surface area contributed by atoms with E-state index < -0.39 is 0 Å². The normalized spacial score (nSPS) is 32.8. The molecule has 2 aliphatic rings. The molecule has 2 atom stereocenters. The molecule has 0 heterocycles. The Labute approximate surface area is 86.6 Å². The average molecular weight is 192 g/mol. The van der Waals surface area contributed by atoms with Gasteiger partial charge in [0.05, 0.1) is 0 Å². The van der Waals surface area contributed by atoms with Crippen LogP contribution in [0.4, 0.5) is 0 Å². The van der Waals surface area contributed by atoms with E-state index in [1.165, 1.54) is 31.3 Å². The summed E-state index contributed by atoms with van der Waals surface area (Å²) in [5.74, 6) is 2.40. The molecule has 0 radical (unpaired) electrons. The third-order valence-electron chi connectivity index (χ3n) is 3.86. The van der Waals surface area contributed by atoms with E-state index in [2.05, 4.69) is 13.8 Å². The van der Waals surface area contributed by atoms with Gasteiger partial charge in [0, 0.05) is 6.42 Å². The molecule has 0 spiro atoms. The maximum Gasteiger partial charge on any atom is 0.155 e. The second kappa shape index (κ2) is 3.88. The van der Waals surface area contributed by atoms with Gasteiger partial charge in [-0.2, -0.15) is 0 Å². The van der Waals surface area contributed by atoms with Crippen molar-refractivity contribution in [3.63, 3.8) is 0 Å². The van der Waals surface area contributed by atoms with Gasteiger partial charge in [-0.1, -0.05) is 25.8 Å². The van der Waals surface area contributed by atoms with Crippen LogP contribution in [0.15, 0.2) is 11.6 Å². The van der Waals surface area contributed by atoms with E-state index >= 15 is 0 Å². The van der Waals surface area contributed by atoms with Crippen LogP contribution >= 0.6 is 0 Å². The number of hydrogen-bond acceptors (Lipinski definition) is 1. The molecule has 0 N–H and O–H groups in total. The van der Waals surface area contributed by atoms with Gasteiger partial charge in [-0.3, -0.25) is 4.79 Å². The van der Waals surface area contributed by atoms with E-state index in [0.717, 1.165) is 12.3 Å². The van der Waals surface area contributed by atoms with Crippen LogP contribution in [-0.2, 0) is 4.79 Å². The van der Waals surface area contributed by atoms with Crippen LogP contribution in [-0.4, -0.2) is 5.78 Å². The lowest BCUT2D eigenvalue weighted by Crippen LogP contribution is -2.30. The summed E-state index contributed by atoms with van der Waals surface area (Å²) in [6.07, 6.45) is 7.90. The molecular formula is C13H20O. The van der Waals surface area contributed by atoms with E-state index in [1.807, 2.05) is 6.08 Å². The molecule has 1 fully saturated rings. The Bertz CT molecular complexity index is 262. The maximum atomic E-state index is 11.6. The summed E-state index contributed by atoms with van der Waals surface area (Å²) in [6.45, 7) is 4.52. The fourth-order valence-electron chi connectivity index (χ4n) is 3.07. The summed E-state index contributed by atoms with van der Waals surface area (Å²) in [5.41, 5.74) is 1.46. The van der Waals surface area contributed by atoms with Crippen LogP contribution in [0.1, 0.15) is 46.0 Å². The molecule has 14 heavy (non-hydrogen) atoms. The summed E-state index contributed by atoms with van der Waals surface area (Å²) in [6, 6.07) is 0. The van der Waals surface area contributed by atoms with Gasteiger partial charge in [0.2, 0.25) is 0 Å². The van der Waals surface area contributed by atoms with Gasteiger partial charge in [0.15, 0.2) is 5.78 Å². The first-order valence-electron chi connectivity index (χ1n) is 5.92. The van der Waals surface area contributed by atoms with Crippen molar-refractivity contribution in [1.82, 2.24) is 0 Å². The Morgan fingerprint density at radius 2 is 2.14 bits per heavy atom. The molecule has 78 valence electrons. The van der Waals surface area contributed by atoms with E-state index in [4.69, 9.17) is 0 Å². The molecule has 0 aromatic rings. The molecule has 1 saturated carbocycles. The maximum absolute atomic E-state index is 11.6. The van der Waals surface area contributed by atoms with Crippen molar-refractivity contribution in [2.45, 2.75) is 46.0 Å². The largest absolute Gasteiger partial charge is 0.295 e. The van der Waals surface area contributed by atoms with E-state index in [9.17, 15) is 4.79 Å². The minimum atomic E-state index is 0.372. The molecule has 2 rings (SSSR count). The number of hydrogen-bond donors (Lipinski definition) is 0. The van der Waals surface area contributed by atoms with Crippen molar-refractivity contribution in [3.05, 3.63) is 11.6 Å². The summed E-state index contributed by atoms with van der Waals surface area (Å²) < 4.78 is 0. The molecule has 0 aromatic carbocycles. The summed E-state index contributed by atoms with van der Waals surface area (Å²) in [5, 5.41) is 0. The van der Waals surface area contributed by atoms with Crippen LogP contribution in [0.2, 0.25) is 0 Å². The highest BCUT2D eigenvalue weighted by atomic mass is 16.1. The van der Waals surface area contributed by atoms with Crippen molar-refractivity contribution in [3.8, 4) is 0 Å². The quantitative estimate of drug-likeness (QED) is 0.622. The van der Waals surface area contributed by atoms with Crippen molar-refractivity contribution in [2.75, 3.05) is 0 Å². The van der Waals surface area contributed by atoms with E-state index in [0.29, 0.717) is 17.6 Å². The highest BCUT2D eigenvalue weighted by Crippen LogP contribution is 2.42. The van der Waals surface area contributed by atoms with E-state index in [-0.39, 0.29) is 0 Å². The lowest BCUT2D eigenvalue weighted by molar-refractivity contribution is -0.117. The minimum absolute atomic E-state index is 0.372. The van der Waals surface area contributed by atoms with Crippen molar-refractivity contribution < 1.29 is 4.79 Å². The zero-order valence-electron chi connectivity index (χ0n) is 9.25. The molecule has 0 amide bonds. The molecular weight excluding hydrogens is 172 g/mol. The molecule has 2 unspecified atom stereocenters. The SMILES string of the molecule is CC(C)C1CC(=O)C=C2CCCCC21. The highest BCUT2D eigenvalue weighted by Gasteiger charge is 2.33. The number of carbonyl (C=O) groups excluding carboxylic acids is 1. The van der Waals surface area contributed by atoms with Gasteiger partial charge in [0.1, 0.15) is 0 Å². The number of fused-ring (bicyclic) bond motifs is 1. The van der Waals surface area contributed by atoms with Crippen LogP contribution in [0, 0.1) is 17.8 Å². The molecule has 2 aliphatic carbocycles. The van der Waals surface area contributed by atoms with Crippen LogP contribution < -0.4 is 0 Å². The first kappa shape index (κ1) is 9.95. The molecule has 0 bridgehead atoms. The summed E-state index contributed by atoms with van der Waals surface area (Å²) in [4.78, 5) is 11.6. The van der Waals surface area contributed by atoms with Gasteiger partial charge in [-0.15, -0.1) is 0 Å². The van der Waals surface area contributed by atoms with Gasteiger partial charge in [0.25, 0.3) is 0 Å². The molecule has 0 aliphatic heterocycles. The standard InChI is InChI=1S/C13H20O/c1-9(2)13-8-11(14)7-10-5-3-4-6-12(10)13/h7,9,12-13H,3-6,8H2,1-2H3. The predicted octanol–water partition coefficient (Wildman–Crippen LogP) is 3.35. The molecule has 0 aromatic heterocycles. The van der Waals surface area contributed by atoms with Crippen molar-refractivity contribution in [1.29, 1.82) is 0 Å². The fraction of sp³-hybridized carbons (Fsp3) is 0.769. The Kier molecular flexibility index (Phi) is 2.76. The number of allylic oxidation sites excluding steroid dienone is 2. The smallest absolute Gasteiger partial charge is 0.155 e. The molecule has 1 heteroatoms. The zero-order valence-corrected chi connectivity index (χ0v) is 9.25. The topological polar surface area (TPSA) is 17.1 Å². The number of ketones is 1. The van der Waals surface area contributed by atoms with Crippen LogP contribution in [0.25, 0.3) is 0 Å². The molecule has 1 nitrogen and oxygen atoms in total. The average Bonchev–Trinajstić information content (AvgIpc) is 2.16. The second-order valence-electron chi connectivity index (χ2n) is 5.15. The van der Waals surface area contributed by atoms with Gasteiger partial charge in [-0.25, -0.2) is 0 Å². The fourth-order valence-corrected chi connectivity index (χ4v) is 3.07. The van der Waals surface area contributed by atoms with Gasteiger partial charge < -0.3 is 0 Å². The summed E-state index contributed by atoms with van der Waals surface area (Å²) in [7, 11) is 0. The first-order valence-corrected chi connectivity index (χ1v) is 5.92. The highest BCUT2D eigenvalue weighted by molar-refractivity contribution is 5.91. The van der Waals surface area contributed by atoms with Crippen LogP contribution in [0.5, 0.6) is 0 Å². The van der Waals surface area contributed by atoms with Crippen LogP contribution in [0.3, 0.4) is 0 Å². The predicted molar refractivity (Wildman–Crippen MR) is 58.0 cm³/mol. The van der Waals surface area contributed by atoms with Gasteiger partial charge >= 0.3 is 0 Å². The zero-order chi connectivity index (χ0) is 10.1.